The summed E-state index contributed by atoms with van der Waals surface area (Å²) in [7, 11) is 0. The van der Waals surface area contributed by atoms with Crippen molar-refractivity contribution in [3.8, 4) is 22.9 Å². The number of pyridine rings is 1. The second kappa shape index (κ2) is 5.72. The van der Waals surface area contributed by atoms with Crippen molar-refractivity contribution in [2.45, 2.75) is 6.92 Å². The molecule has 0 aliphatic rings. The fourth-order valence-corrected chi connectivity index (χ4v) is 1.97. The van der Waals surface area contributed by atoms with Gasteiger partial charge >= 0.3 is 11.7 Å². The first-order chi connectivity index (χ1) is 11.1. The quantitative estimate of drug-likeness (QED) is 0.412. The van der Waals surface area contributed by atoms with Gasteiger partial charge in [-0.3, -0.25) is 4.63 Å². The van der Waals surface area contributed by atoms with E-state index in [1.807, 2.05) is 0 Å². The number of hydrogen-bond acceptors (Lipinski definition) is 7. The lowest BCUT2D eigenvalue weighted by Crippen LogP contribution is -2.25. The molecule has 0 atom stereocenters. The Morgan fingerprint density at radius 1 is 1.22 bits per heavy atom. The van der Waals surface area contributed by atoms with Crippen LogP contribution in [0.3, 0.4) is 0 Å². The smallest absolute Gasteiger partial charge is 0.407 e. The van der Waals surface area contributed by atoms with Gasteiger partial charge in [-0.1, -0.05) is 30.3 Å². The maximum Gasteiger partial charge on any atom is 0.408 e. The van der Waals surface area contributed by atoms with E-state index in [4.69, 9.17) is 4.74 Å². The summed E-state index contributed by atoms with van der Waals surface area (Å²) in [6.45, 7) is 1.62. The second-order valence-electron chi connectivity index (χ2n) is 4.58. The predicted molar refractivity (Wildman–Crippen MR) is 76.6 cm³/mol. The van der Waals surface area contributed by atoms with E-state index in [0.29, 0.717) is 11.3 Å². The van der Waals surface area contributed by atoms with E-state index in [9.17, 15) is 15.3 Å². The Kier molecular flexibility index (Phi) is 3.59. The Balaban J connectivity index is 2.04. The summed E-state index contributed by atoms with van der Waals surface area (Å²) in [4.78, 5) is 14.4. The standard InChI is InChI=1S/C14H10N4O5/c1-9-7-8-11(13(15-9)17(19)20)22-14-12(18(21)23-16-14)10-5-3-2-4-6-10/h2-8H,1H3. The van der Waals surface area contributed by atoms with E-state index in [2.05, 4.69) is 14.8 Å². The molecule has 0 radical (unpaired) electrons. The highest BCUT2D eigenvalue weighted by atomic mass is 16.8. The molecule has 0 aliphatic carbocycles. The van der Waals surface area contributed by atoms with Gasteiger partial charge in [-0.25, -0.2) is 0 Å². The molecule has 3 rings (SSSR count). The van der Waals surface area contributed by atoms with Crippen molar-refractivity contribution in [2.24, 2.45) is 0 Å². The Morgan fingerprint density at radius 3 is 2.65 bits per heavy atom. The van der Waals surface area contributed by atoms with Crippen LogP contribution in [0.5, 0.6) is 11.6 Å². The number of aryl methyl sites for hydroxylation is 1. The first kappa shape index (κ1) is 14.4. The number of aromatic nitrogens is 3. The van der Waals surface area contributed by atoms with Crippen molar-refractivity contribution in [1.82, 2.24) is 10.1 Å². The van der Waals surface area contributed by atoms with Crippen molar-refractivity contribution in [2.75, 3.05) is 0 Å². The van der Waals surface area contributed by atoms with Crippen LogP contribution in [0, 0.1) is 22.2 Å². The van der Waals surface area contributed by atoms with Crippen LogP contribution in [0.25, 0.3) is 11.3 Å². The van der Waals surface area contributed by atoms with E-state index >= 15 is 0 Å². The topological polar surface area (TPSA) is 118 Å². The highest BCUT2D eigenvalue weighted by molar-refractivity contribution is 5.61. The van der Waals surface area contributed by atoms with Gasteiger partial charge < -0.3 is 20.1 Å². The normalized spacial score (nSPS) is 10.5. The molecule has 0 aliphatic heterocycles. The fourth-order valence-electron chi connectivity index (χ4n) is 1.97. The molecule has 0 N–H and O–H groups in total. The van der Waals surface area contributed by atoms with Crippen LogP contribution in [0.2, 0.25) is 0 Å². The van der Waals surface area contributed by atoms with Gasteiger partial charge in [0.25, 0.3) is 5.69 Å². The predicted octanol–water partition coefficient (Wildman–Crippen LogP) is 2.38. The second-order valence-corrected chi connectivity index (χ2v) is 4.58. The lowest BCUT2D eigenvalue weighted by Gasteiger charge is -2.02. The lowest BCUT2D eigenvalue weighted by molar-refractivity contribution is -0.793. The summed E-state index contributed by atoms with van der Waals surface area (Å²) < 4.78 is 9.94. The molecule has 0 fully saturated rings. The molecule has 0 bridgehead atoms. The van der Waals surface area contributed by atoms with Crippen LogP contribution >= 0.6 is 0 Å². The largest absolute Gasteiger partial charge is 0.408 e. The minimum absolute atomic E-state index is 0.0143. The maximum absolute atomic E-state index is 11.8. The molecule has 0 saturated heterocycles. The van der Waals surface area contributed by atoms with Crippen LogP contribution in [0.15, 0.2) is 47.1 Å². The number of hydrogen-bond donors (Lipinski definition) is 0. The van der Waals surface area contributed by atoms with Gasteiger partial charge in [-0.2, -0.15) is 0 Å². The van der Waals surface area contributed by atoms with Crippen molar-refractivity contribution >= 4 is 5.82 Å². The molecule has 116 valence electrons. The summed E-state index contributed by atoms with van der Waals surface area (Å²) in [5, 5.41) is 26.4. The highest BCUT2D eigenvalue weighted by Gasteiger charge is 2.27. The Morgan fingerprint density at radius 2 is 1.96 bits per heavy atom. The molecule has 1 aromatic carbocycles. The summed E-state index contributed by atoms with van der Waals surface area (Å²) >= 11 is 0. The highest BCUT2D eigenvalue weighted by Crippen LogP contribution is 2.33. The number of rotatable bonds is 4. The van der Waals surface area contributed by atoms with Crippen LogP contribution in [-0.4, -0.2) is 15.1 Å². The molecule has 9 nitrogen and oxygen atoms in total. The lowest BCUT2D eigenvalue weighted by atomic mass is 10.2. The molecule has 0 amide bonds. The third-order valence-electron chi connectivity index (χ3n) is 2.99. The third kappa shape index (κ3) is 2.79. The maximum atomic E-state index is 11.8. The van der Waals surface area contributed by atoms with Crippen LogP contribution in [0.4, 0.5) is 5.82 Å². The van der Waals surface area contributed by atoms with Gasteiger partial charge in [0.05, 0.1) is 5.16 Å². The zero-order chi connectivity index (χ0) is 16.4. The SMILES string of the molecule is Cc1ccc(Oc2no[n+]([O-])c2-c2ccccc2)c([N+](=O)[O-])n1. The Hall–Kier alpha value is -3.49. The van der Waals surface area contributed by atoms with Crippen molar-refractivity contribution in [3.63, 3.8) is 0 Å². The first-order valence-corrected chi connectivity index (χ1v) is 6.51. The van der Waals surface area contributed by atoms with Gasteiger partial charge in [0.2, 0.25) is 5.75 Å². The zero-order valence-corrected chi connectivity index (χ0v) is 11.9. The number of nitrogens with zero attached hydrogens (tertiary/aromatic N) is 4. The molecule has 0 saturated carbocycles. The van der Waals surface area contributed by atoms with Crippen molar-refractivity contribution in [1.29, 1.82) is 0 Å². The third-order valence-corrected chi connectivity index (χ3v) is 2.99. The van der Waals surface area contributed by atoms with Crippen LogP contribution in [0.1, 0.15) is 5.69 Å². The van der Waals surface area contributed by atoms with E-state index in [0.717, 1.165) is 0 Å². The summed E-state index contributed by atoms with van der Waals surface area (Å²) in [5.41, 5.74) is 0.980. The van der Waals surface area contributed by atoms with Crippen molar-refractivity contribution in [3.05, 3.63) is 63.5 Å². The number of nitro groups is 1. The molecule has 3 aromatic rings. The van der Waals surface area contributed by atoms with Crippen LogP contribution < -0.4 is 9.64 Å². The molecule has 0 unspecified atom stereocenters. The van der Waals surface area contributed by atoms with Gasteiger partial charge in [0, 0.05) is 12.5 Å². The summed E-state index contributed by atoms with van der Waals surface area (Å²) in [6, 6.07) is 11.5. The zero-order valence-electron chi connectivity index (χ0n) is 11.9. The molecular weight excluding hydrogens is 304 g/mol. The monoisotopic (exact) mass is 314 g/mol. The van der Waals surface area contributed by atoms with Gasteiger partial charge in [-0.05, 0) is 26.9 Å². The summed E-state index contributed by atoms with van der Waals surface area (Å²) in [6.07, 6.45) is 0. The van der Waals surface area contributed by atoms with Gasteiger partial charge in [0.15, 0.2) is 0 Å². The van der Waals surface area contributed by atoms with Gasteiger partial charge in [-0.15, -0.1) is 0 Å². The summed E-state index contributed by atoms with van der Waals surface area (Å²) in [5.74, 6) is -0.781. The Labute approximate surface area is 129 Å². The van der Waals surface area contributed by atoms with Crippen LogP contribution in [-0.2, 0) is 0 Å². The Bertz CT molecular complexity index is 863. The minimum Gasteiger partial charge on any atom is -0.407 e. The fraction of sp³-hybridized carbons (Fsp3) is 0.0714. The number of ether oxygens (including phenoxy) is 1. The van der Waals surface area contributed by atoms with Crippen molar-refractivity contribution < 1.29 is 19.2 Å². The molecule has 0 spiro atoms. The van der Waals surface area contributed by atoms with E-state index in [1.54, 1.807) is 43.3 Å². The van der Waals surface area contributed by atoms with E-state index in [-0.39, 0.29) is 22.2 Å². The number of benzene rings is 1. The first-order valence-electron chi connectivity index (χ1n) is 6.51. The molecule has 2 heterocycles. The molecule has 2 aromatic heterocycles. The molecule has 9 heteroatoms. The van der Waals surface area contributed by atoms with E-state index < -0.39 is 10.7 Å². The minimum atomic E-state index is -0.671. The molecular formula is C14H10N4O5. The average molecular weight is 314 g/mol. The van der Waals surface area contributed by atoms with E-state index in [1.165, 1.54) is 6.07 Å². The molecule has 23 heavy (non-hydrogen) atoms. The van der Waals surface area contributed by atoms with Gasteiger partial charge in [0.1, 0.15) is 5.69 Å². The average Bonchev–Trinajstić information content (AvgIpc) is 2.90.